The predicted molar refractivity (Wildman–Crippen MR) is 89.2 cm³/mol. The van der Waals surface area contributed by atoms with Crippen molar-refractivity contribution in [2.45, 2.75) is 32.3 Å². The van der Waals surface area contributed by atoms with Gasteiger partial charge in [-0.3, -0.25) is 14.4 Å². The summed E-state index contributed by atoms with van der Waals surface area (Å²) in [5, 5.41) is 11.2. The largest absolute Gasteiger partial charge is 0.481 e. The summed E-state index contributed by atoms with van der Waals surface area (Å²) >= 11 is 0. The molecule has 0 aliphatic carbocycles. The van der Waals surface area contributed by atoms with Crippen LogP contribution in [0, 0.1) is 0 Å². The van der Waals surface area contributed by atoms with Gasteiger partial charge in [-0.25, -0.2) is 0 Å². The monoisotopic (exact) mass is 332 g/mol. The number of carbonyl (C=O) groups excluding carboxylic acids is 2. The molecule has 0 radical (unpaired) electrons. The van der Waals surface area contributed by atoms with Crippen LogP contribution in [0.2, 0.25) is 0 Å². The highest BCUT2D eigenvalue weighted by molar-refractivity contribution is 6.01. The standard InChI is InChI=1S/C17H20N2O5/c1-3-9-19-12-6-5-11(18-15(20)7-8-16(21)22)10-14(12)24-13(4-2)17(19)23/h3,5-6,10,13H,1,4,7-9H2,2H3,(H,18,20)(H,21,22). The molecule has 1 aliphatic heterocycles. The van der Waals surface area contributed by atoms with Gasteiger partial charge in [0.1, 0.15) is 5.75 Å². The first-order valence-electron chi connectivity index (χ1n) is 7.70. The fourth-order valence-corrected chi connectivity index (χ4v) is 2.42. The molecule has 2 amide bonds. The number of anilines is 2. The van der Waals surface area contributed by atoms with Gasteiger partial charge in [0.25, 0.3) is 5.91 Å². The molecule has 128 valence electrons. The minimum atomic E-state index is -1.02. The highest BCUT2D eigenvalue weighted by Gasteiger charge is 2.32. The van der Waals surface area contributed by atoms with Gasteiger partial charge < -0.3 is 20.1 Å². The lowest BCUT2D eigenvalue weighted by molar-refractivity contribution is -0.138. The molecule has 0 spiro atoms. The third kappa shape index (κ3) is 3.92. The summed E-state index contributed by atoms with van der Waals surface area (Å²) in [7, 11) is 0. The van der Waals surface area contributed by atoms with Crippen molar-refractivity contribution >= 4 is 29.2 Å². The third-order valence-corrected chi connectivity index (χ3v) is 3.59. The van der Waals surface area contributed by atoms with Crippen LogP contribution in [0.4, 0.5) is 11.4 Å². The maximum absolute atomic E-state index is 12.3. The van der Waals surface area contributed by atoms with E-state index in [1.54, 1.807) is 29.2 Å². The smallest absolute Gasteiger partial charge is 0.303 e. The number of carboxylic acids is 1. The highest BCUT2D eigenvalue weighted by Crippen LogP contribution is 2.36. The number of carboxylic acid groups (broad SMARTS) is 1. The second kappa shape index (κ2) is 7.63. The van der Waals surface area contributed by atoms with Gasteiger partial charge in [0.15, 0.2) is 6.10 Å². The molecule has 2 N–H and O–H groups in total. The number of aliphatic carboxylic acids is 1. The summed E-state index contributed by atoms with van der Waals surface area (Å²) < 4.78 is 5.72. The maximum atomic E-state index is 12.3. The van der Waals surface area contributed by atoms with Crippen molar-refractivity contribution in [1.29, 1.82) is 0 Å². The zero-order valence-corrected chi connectivity index (χ0v) is 13.4. The Labute approximate surface area is 139 Å². The average molecular weight is 332 g/mol. The molecule has 1 unspecified atom stereocenters. The van der Waals surface area contributed by atoms with Crippen LogP contribution in [0.1, 0.15) is 26.2 Å². The van der Waals surface area contributed by atoms with Crippen LogP contribution in [0.3, 0.4) is 0 Å². The molecule has 1 aromatic carbocycles. The molecule has 1 heterocycles. The topological polar surface area (TPSA) is 95.9 Å². The van der Waals surface area contributed by atoms with Crippen LogP contribution in [-0.2, 0) is 14.4 Å². The van der Waals surface area contributed by atoms with E-state index in [2.05, 4.69) is 11.9 Å². The van der Waals surface area contributed by atoms with Crippen LogP contribution in [-0.4, -0.2) is 35.5 Å². The van der Waals surface area contributed by atoms with Gasteiger partial charge >= 0.3 is 5.97 Å². The maximum Gasteiger partial charge on any atom is 0.303 e. The minimum absolute atomic E-state index is 0.105. The molecule has 24 heavy (non-hydrogen) atoms. The van der Waals surface area contributed by atoms with E-state index in [-0.39, 0.29) is 24.7 Å². The molecule has 0 fully saturated rings. The summed E-state index contributed by atoms with van der Waals surface area (Å²) in [4.78, 5) is 36.2. The van der Waals surface area contributed by atoms with Gasteiger partial charge in [0, 0.05) is 24.7 Å². The Morgan fingerprint density at radius 2 is 2.17 bits per heavy atom. The molecule has 1 aliphatic rings. The lowest BCUT2D eigenvalue weighted by Crippen LogP contribution is -2.45. The van der Waals surface area contributed by atoms with Crippen LogP contribution in [0.25, 0.3) is 0 Å². The van der Waals surface area contributed by atoms with Crippen molar-refractivity contribution in [1.82, 2.24) is 0 Å². The van der Waals surface area contributed by atoms with Gasteiger partial charge in [-0.2, -0.15) is 0 Å². The van der Waals surface area contributed by atoms with Crippen LogP contribution >= 0.6 is 0 Å². The van der Waals surface area contributed by atoms with Gasteiger partial charge in [-0.15, -0.1) is 6.58 Å². The number of ether oxygens (including phenoxy) is 1. The molecule has 0 aromatic heterocycles. The molecule has 0 saturated carbocycles. The number of benzene rings is 1. The normalized spacial score (nSPS) is 16.1. The molecule has 1 atom stereocenters. The van der Waals surface area contributed by atoms with Gasteiger partial charge in [0.05, 0.1) is 12.1 Å². The molecule has 7 heteroatoms. The van der Waals surface area contributed by atoms with Crippen LogP contribution in [0.15, 0.2) is 30.9 Å². The van der Waals surface area contributed by atoms with E-state index < -0.39 is 12.1 Å². The van der Waals surface area contributed by atoms with Crippen molar-refractivity contribution < 1.29 is 24.2 Å². The van der Waals surface area contributed by atoms with E-state index in [0.717, 1.165) is 0 Å². The van der Waals surface area contributed by atoms with Crippen LogP contribution < -0.4 is 15.0 Å². The third-order valence-electron chi connectivity index (χ3n) is 3.59. The molecular formula is C17H20N2O5. The van der Waals surface area contributed by atoms with E-state index in [9.17, 15) is 14.4 Å². The Balaban J connectivity index is 2.20. The SMILES string of the molecule is C=CCN1C(=O)C(CC)Oc2cc(NC(=O)CCC(=O)O)ccc21. The van der Waals surface area contributed by atoms with Crippen molar-refractivity contribution in [2.24, 2.45) is 0 Å². The summed E-state index contributed by atoms with van der Waals surface area (Å²) in [6, 6.07) is 4.98. The van der Waals surface area contributed by atoms with Crippen LogP contribution in [0.5, 0.6) is 5.75 Å². The highest BCUT2D eigenvalue weighted by atomic mass is 16.5. The van der Waals surface area contributed by atoms with E-state index in [1.807, 2.05) is 6.92 Å². The van der Waals surface area contributed by atoms with Gasteiger partial charge in [-0.1, -0.05) is 13.0 Å². The first-order valence-corrected chi connectivity index (χ1v) is 7.70. The first-order chi connectivity index (χ1) is 11.5. The Kier molecular flexibility index (Phi) is 5.57. The van der Waals surface area contributed by atoms with Crippen molar-refractivity contribution in [3.8, 4) is 5.75 Å². The molecule has 0 bridgehead atoms. The molecule has 2 rings (SSSR count). The second-order valence-corrected chi connectivity index (χ2v) is 5.38. The average Bonchev–Trinajstić information content (AvgIpc) is 2.55. The molecule has 0 saturated heterocycles. The van der Waals surface area contributed by atoms with Gasteiger partial charge in [0.2, 0.25) is 5.91 Å². The van der Waals surface area contributed by atoms with E-state index >= 15 is 0 Å². The van der Waals surface area contributed by atoms with E-state index in [1.165, 1.54) is 0 Å². The quantitative estimate of drug-likeness (QED) is 0.746. The summed E-state index contributed by atoms with van der Waals surface area (Å²) in [6.07, 6.45) is 1.26. The Morgan fingerprint density at radius 3 is 2.79 bits per heavy atom. The predicted octanol–water partition coefficient (Wildman–Crippen LogP) is 2.18. The number of hydrogen-bond donors (Lipinski definition) is 2. The molecular weight excluding hydrogens is 312 g/mol. The van der Waals surface area contributed by atoms with Crippen molar-refractivity contribution in [3.63, 3.8) is 0 Å². The number of hydrogen-bond acceptors (Lipinski definition) is 4. The number of carbonyl (C=O) groups is 3. The number of amides is 2. The zero-order chi connectivity index (χ0) is 17.7. The molecule has 7 nitrogen and oxygen atoms in total. The Bertz CT molecular complexity index is 671. The molecule has 1 aromatic rings. The fraction of sp³-hybridized carbons (Fsp3) is 0.353. The summed E-state index contributed by atoms with van der Waals surface area (Å²) in [6.45, 7) is 5.89. The van der Waals surface area contributed by atoms with Crippen molar-refractivity contribution in [2.75, 3.05) is 16.8 Å². The summed E-state index contributed by atoms with van der Waals surface area (Å²) in [5.41, 5.74) is 1.11. The number of fused-ring (bicyclic) bond motifs is 1. The fourth-order valence-electron chi connectivity index (χ4n) is 2.42. The number of nitrogens with zero attached hydrogens (tertiary/aromatic N) is 1. The lowest BCUT2D eigenvalue weighted by Gasteiger charge is -2.33. The Morgan fingerprint density at radius 1 is 1.42 bits per heavy atom. The zero-order valence-electron chi connectivity index (χ0n) is 13.4. The lowest BCUT2D eigenvalue weighted by atomic mass is 10.1. The second-order valence-electron chi connectivity index (χ2n) is 5.38. The number of nitrogens with one attached hydrogen (secondary N) is 1. The number of rotatable bonds is 7. The van der Waals surface area contributed by atoms with E-state index in [4.69, 9.17) is 9.84 Å². The summed E-state index contributed by atoms with van der Waals surface area (Å²) in [5.74, 6) is -1.04. The van der Waals surface area contributed by atoms with E-state index in [0.29, 0.717) is 30.1 Å². The first kappa shape index (κ1) is 17.5. The minimum Gasteiger partial charge on any atom is -0.481 e. The van der Waals surface area contributed by atoms with Crippen molar-refractivity contribution in [3.05, 3.63) is 30.9 Å². The Hall–Kier alpha value is -2.83. The van der Waals surface area contributed by atoms with Gasteiger partial charge in [-0.05, 0) is 18.6 Å².